The molecule has 1 atom stereocenters. The van der Waals surface area contributed by atoms with Crippen molar-refractivity contribution in [3.05, 3.63) is 22.7 Å². The number of rotatable bonds is 3. The molecular formula is C16H18BrN5S. The number of hydrogen-bond acceptors (Lipinski definition) is 6. The Kier molecular flexibility index (Phi) is 3.87. The Labute approximate surface area is 147 Å². The molecule has 5 nitrogen and oxygen atoms in total. The molecule has 0 radical (unpaired) electrons. The van der Waals surface area contributed by atoms with Gasteiger partial charge in [-0.15, -0.1) is 11.3 Å². The van der Waals surface area contributed by atoms with Crippen LogP contribution < -0.4 is 16.0 Å². The monoisotopic (exact) mass is 391 g/mol. The molecule has 0 saturated carbocycles. The van der Waals surface area contributed by atoms with E-state index in [0.717, 1.165) is 39.0 Å². The number of halogens is 1. The van der Waals surface area contributed by atoms with Crippen LogP contribution in [0.2, 0.25) is 0 Å². The van der Waals surface area contributed by atoms with Gasteiger partial charge in [0.05, 0.1) is 10.2 Å². The Hall–Kier alpha value is -1.44. The van der Waals surface area contributed by atoms with Gasteiger partial charge in [-0.05, 0) is 37.6 Å². The lowest BCUT2D eigenvalue weighted by Crippen LogP contribution is -2.35. The molecule has 0 aliphatic carbocycles. The molecule has 0 bridgehead atoms. The molecule has 1 aliphatic rings. The lowest BCUT2D eigenvalue weighted by Gasteiger charge is -2.22. The number of nitrogens with one attached hydrogen (secondary N) is 1. The molecule has 3 N–H and O–H groups in total. The first-order chi connectivity index (χ1) is 11.1. The smallest absolute Gasteiger partial charge is 0.222 e. The first-order valence-corrected chi connectivity index (χ1v) is 9.32. The number of likely N-dealkylation sites (N-methyl/N-ethyl adjacent to an activating group) is 1. The fraction of sp³-hybridized carbons (Fsp3) is 0.375. The number of benzene rings is 1. The van der Waals surface area contributed by atoms with Crippen LogP contribution in [0.15, 0.2) is 22.7 Å². The zero-order valence-electron chi connectivity index (χ0n) is 12.8. The highest BCUT2D eigenvalue weighted by molar-refractivity contribution is 9.10. The van der Waals surface area contributed by atoms with Gasteiger partial charge in [0.25, 0.3) is 0 Å². The van der Waals surface area contributed by atoms with Gasteiger partial charge in [0.15, 0.2) is 5.82 Å². The van der Waals surface area contributed by atoms with E-state index in [1.807, 2.05) is 0 Å². The predicted octanol–water partition coefficient (Wildman–Crippen LogP) is 3.38. The van der Waals surface area contributed by atoms with E-state index in [1.54, 1.807) is 11.3 Å². The summed E-state index contributed by atoms with van der Waals surface area (Å²) in [5.41, 5.74) is 6.93. The van der Waals surface area contributed by atoms with Crippen molar-refractivity contribution in [2.45, 2.75) is 18.9 Å². The van der Waals surface area contributed by atoms with E-state index < -0.39 is 0 Å². The highest BCUT2D eigenvalue weighted by Crippen LogP contribution is 2.38. The van der Waals surface area contributed by atoms with Crippen molar-refractivity contribution >= 4 is 59.3 Å². The number of fused-ring (bicyclic) bond motifs is 3. The van der Waals surface area contributed by atoms with Crippen LogP contribution in [0.1, 0.15) is 12.8 Å². The van der Waals surface area contributed by atoms with E-state index in [4.69, 9.17) is 5.73 Å². The predicted molar refractivity (Wildman–Crippen MR) is 101 cm³/mol. The van der Waals surface area contributed by atoms with E-state index in [1.165, 1.54) is 17.5 Å². The van der Waals surface area contributed by atoms with Gasteiger partial charge in [-0.2, -0.15) is 4.98 Å². The topological polar surface area (TPSA) is 67.1 Å². The van der Waals surface area contributed by atoms with Crippen molar-refractivity contribution in [3.8, 4) is 0 Å². The van der Waals surface area contributed by atoms with Crippen LogP contribution in [0, 0.1) is 0 Å². The second-order valence-corrected chi connectivity index (χ2v) is 7.97. The van der Waals surface area contributed by atoms with Gasteiger partial charge in [-0.25, -0.2) is 4.98 Å². The Morgan fingerprint density at radius 3 is 3.09 bits per heavy atom. The van der Waals surface area contributed by atoms with E-state index in [9.17, 15) is 0 Å². The molecule has 1 unspecified atom stereocenters. The normalized spacial score (nSPS) is 18.1. The molecule has 120 valence electrons. The highest BCUT2D eigenvalue weighted by atomic mass is 79.9. The summed E-state index contributed by atoms with van der Waals surface area (Å²) in [6.45, 7) is 2.04. The average molecular weight is 392 g/mol. The lowest BCUT2D eigenvalue weighted by atomic mass is 10.2. The molecule has 7 heteroatoms. The van der Waals surface area contributed by atoms with E-state index in [0.29, 0.717) is 12.0 Å². The molecule has 1 aromatic carbocycles. The maximum atomic E-state index is 5.99. The number of nitrogen functional groups attached to an aromatic ring is 1. The summed E-state index contributed by atoms with van der Waals surface area (Å²) >= 11 is 5.27. The van der Waals surface area contributed by atoms with Crippen LogP contribution in [0.3, 0.4) is 0 Å². The number of aromatic nitrogens is 2. The molecule has 3 aromatic rings. The van der Waals surface area contributed by atoms with E-state index in [2.05, 4.69) is 61.4 Å². The van der Waals surface area contributed by atoms with Crippen molar-refractivity contribution in [3.63, 3.8) is 0 Å². The molecule has 1 aliphatic heterocycles. The molecule has 0 spiro atoms. The summed E-state index contributed by atoms with van der Waals surface area (Å²) in [7, 11) is 2.08. The summed E-state index contributed by atoms with van der Waals surface area (Å²) in [5, 5.41) is 4.66. The lowest BCUT2D eigenvalue weighted by molar-refractivity contribution is 0.598. The van der Waals surface area contributed by atoms with Gasteiger partial charge < -0.3 is 16.0 Å². The number of hydrogen-bond donors (Lipinski definition) is 2. The molecular weight excluding hydrogens is 374 g/mol. The Balaban J connectivity index is 1.83. The van der Waals surface area contributed by atoms with Crippen molar-refractivity contribution in [1.29, 1.82) is 0 Å². The second kappa shape index (κ2) is 5.89. The van der Waals surface area contributed by atoms with Crippen LogP contribution in [0.4, 0.5) is 11.8 Å². The third kappa shape index (κ3) is 2.77. The molecule has 2 aromatic heterocycles. The van der Waals surface area contributed by atoms with Gasteiger partial charge in [-0.3, -0.25) is 0 Å². The number of nitrogens with zero attached hydrogens (tertiary/aromatic N) is 3. The van der Waals surface area contributed by atoms with Gasteiger partial charge in [-0.1, -0.05) is 15.9 Å². The van der Waals surface area contributed by atoms with Crippen LogP contribution in [-0.4, -0.2) is 36.1 Å². The minimum atomic E-state index is 0.332. The number of thiophene rings is 1. The van der Waals surface area contributed by atoms with Gasteiger partial charge in [0.2, 0.25) is 5.95 Å². The Morgan fingerprint density at radius 1 is 1.43 bits per heavy atom. The zero-order chi connectivity index (χ0) is 16.0. The minimum Gasteiger partial charge on any atom is -0.368 e. The Morgan fingerprint density at radius 2 is 2.30 bits per heavy atom. The van der Waals surface area contributed by atoms with Crippen LogP contribution in [0.5, 0.6) is 0 Å². The molecule has 0 amide bonds. The van der Waals surface area contributed by atoms with Gasteiger partial charge >= 0.3 is 0 Å². The quantitative estimate of drug-likeness (QED) is 0.716. The summed E-state index contributed by atoms with van der Waals surface area (Å²) in [6, 6.07) is 6.79. The van der Waals surface area contributed by atoms with E-state index >= 15 is 0 Å². The average Bonchev–Trinajstić information content (AvgIpc) is 3.14. The number of nitrogens with two attached hydrogens (primary N) is 1. The first-order valence-electron chi connectivity index (χ1n) is 7.71. The molecule has 4 rings (SSSR count). The van der Waals surface area contributed by atoms with Crippen molar-refractivity contribution in [2.24, 2.45) is 0 Å². The van der Waals surface area contributed by atoms with Crippen molar-refractivity contribution < 1.29 is 0 Å². The van der Waals surface area contributed by atoms with Crippen molar-refractivity contribution in [1.82, 2.24) is 15.3 Å². The second-order valence-electron chi connectivity index (χ2n) is 6.00. The van der Waals surface area contributed by atoms with E-state index in [-0.39, 0.29) is 0 Å². The largest absolute Gasteiger partial charge is 0.368 e. The third-order valence-corrected chi connectivity index (χ3v) is 5.94. The number of anilines is 2. The van der Waals surface area contributed by atoms with Gasteiger partial charge in [0.1, 0.15) is 0 Å². The molecule has 3 heterocycles. The zero-order valence-corrected chi connectivity index (χ0v) is 15.2. The maximum absolute atomic E-state index is 5.99. The van der Waals surface area contributed by atoms with Crippen LogP contribution >= 0.6 is 27.3 Å². The van der Waals surface area contributed by atoms with Crippen LogP contribution in [-0.2, 0) is 0 Å². The van der Waals surface area contributed by atoms with Gasteiger partial charge in [0, 0.05) is 34.2 Å². The molecule has 1 fully saturated rings. The first kappa shape index (κ1) is 15.1. The highest BCUT2D eigenvalue weighted by Gasteiger charge is 2.20. The fourth-order valence-corrected chi connectivity index (χ4v) is 4.73. The SMILES string of the molecule is CN(CC1CCCN1)c1nc(N)nc2c1sc1ccc(Br)cc12. The third-order valence-electron chi connectivity index (χ3n) is 4.29. The summed E-state index contributed by atoms with van der Waals surface area (Å²) in [5.74, 6) is 1.26. The molecule has 23 heavy (non-hydrogen) atoms. The summed E-state index contributed by atoms with van der Waals surface area (Å²) in [6.07, 6.45) is 2.46. The minimum absolute atomic E-state index is 0.332. The van der Waals surface area contributed by atoms with Crippen molar-refractivity contribution in [2.75, 3.05) is 30.8 Å². The summed E-state index contributed by atoms with van der Waals surface area (Å²) < 4.78 is 3.36. The molecule has 1 saturated heterocycles. The standard InChI is InChI=1S/C16H18BrN5S/c1-22(8-10-3-2-6-19-10)15-14-13(20-16(18)21-15)11-7-9(17)4-5-12(11)23-14/h4-5,7,10,19H,2-3,6,8H2,1H3,(H2,18,20,21). The fourth-order valence-electron chi connectivity index (χ4n) is 3.21. The maximum Gasteiger partial charge on any atom is 0.222 e. The Bertz CT molecular complexity index is 872. The van der Waals surface area contributed by atoms with Crippen LogP contribution in [0.25, 0.3) is 20.3 Å². The summed E-state index contributed by atoms with van der Waals surface area (Å²) in [4.78, 5) is 11.2.